The summed E-state index contributed by atoms with van der Waals surface area (Å²) < 4.78 is 0. The Bertz CT molecular complexity index is 769. The highest BCUT2D eigenvalue weighted by molar-refractivity contribution is 7.80. The van der Waals surface area contributed by atoms with Crippen LogP contribution in [0.1, 0.15) is 16.7 Å². The molecule has 3 rings (SSSR count). The van der Waals surface area contributed by atoms with Crippen LogP contribution in [0.4, 0.5) is 0 Å². The SMILES string of the molecule is S=C(/C=C/c1ccccc1)N(Cc1ccccc1)Cc1ccccc1. The topological polar surface area (TPSA) is 3.24 Å². The summed E-state index contributed by atoms with van der Waals surface area (Å²) in [6.07, 6.45) is 4.10. The van der Waals surface area contributed by atoms with E-state index in [1.165, 1.54) is 11.1 Å². The number of hydrogen-bond donors (Lipinski definition) is 0. The first kappa shape index (κ1) is 17.1. The highest BCUT2D eigenvalue weighted by Gasteiger charge is 2.09. The van der Waals surface area contributed by atoms with Crippen molar-refractivity contribution >= 4 is 23.3 Å². The van der Waals surface area contributed by atoms with Crippen LogP contribution in [-0.4, -0.2) is 9.89 Å². The van der Waals surface area contributed by atoms with Crippen LogP contribution in [0, 0.1) is 0 Å². The maximum absolute atomic E-state index is 5.71. The van der Waals surface area contributed by atoms with Crippen LogP contribution in [0.2, 0.25) is 0 Å². The monoisotopic (exact) mass is 343 g/mol. The van der Waals surface area contributed by atoms with Crippen LogP contribution in [0.25, 0.3) is 6.08 Å². The highest BCUT2D eigenvalue weighted by atomic mass is 32.1. The Kier molecular flexibility index (Phi) is 6.13. The number of benzene rings is 3. The summed E-state index contributed by atoms with van der Waals surface area (Å²) in [5.74, 6) is 0. The van der Waals surface area contributed by atoms with Gasteiger partial charge in [-0.25, -0.2) is 0 Å². The molecule has 0 saturated heterocycles. The van der Waals surface area contributed by atoms with E-state index in [2.05, 4.69) is 71.6 Å². The van der Waals surface area contributed by atoms with Gasteiger partial charge >= 0.3 is 0 Å². The van der Waals surface area contributed by atoms with E-state index in [1.807, 2.05) is 36.4 Å². The number of nitrogens with zero attached hydrogens (tertiary/aromatic N) is 1. The average molecular weight is 343 g/mol. The third-order valence-electron chi connectivity index (χ3n) is 3.96. The van der Waals surface area contributed by atoms with Gasteiger partial charge in [0.05, 0.1) is 0 Å². The maximum atomic E-state index is 5.71. The molecule has 0 fully saturated rings. The fourth-order valence-corrected chi connectivity index (χ4v) is 2.85. The Morgan fingerprint density at radius 1 is 0.680 bits per heavy atom. The first-order valence-corrected chi connectivity index (χ1v) is 8.82. The lowest BCUT2D eigenvalue weighted by Crippen LogP contribution is -2.27. The quantitative estimate of drug-likeness (QED) is 0.415. The molecule has 25 heavy (non-hydrogen) atoms. The second kappa shape index (κ2) is 8.95. The molecule has 0 atom stereocenters. The smallest absolute Gasteiger partial charge is 0.102 e. The number of thiocarbonyl (C=S) groups is 1. The van der Waals surface area contributed by atoms with Gasteiger partial charge in [-0.1, -0.05) is 109 Å². The van der Waals surface area contributed by atoms with E-state index >= 15 is 0 Å². The van der Waals surface area contributed by atoms with Crippen LogP contribution < -0.4 is 0 Å². The molecule has 0 aliphatic carbocycles. The van der Waals surface area contributed by atoms with E-state index in [1.54, 1.807) is 0 Å². The van der Waals surface area contributed by atoms with Crippen molar-refractivity contribution in [3.05, 3.63) is 114 Å². The second-order valence-corrected chi connectivity index (χ2v) is 6.33. The molecule has 2 heteroatoms. The third-order valence-corrected chi connectivity index (χ3v) is 4.36. The predicted octanol–water partition coefficient (Wildman–Crippen LogP) is 5.73. The molecule has 0 unspecified atom stereocenters. The van der Waals surface area contributed by atoms with Crippen LogP contribution in [0.15, 0.2) is 97.1 Å². The van der Waals surface area contributed by atoms with E-state index < -0.39 is 0 Å². The zero-order valence-electron chi connectivity index (χ0n) is 14.1. The van der Waals surface area contributed by atoms with Crippen LogP contribution in [0.5, 0.6) is 0 Å². The Hall–Kier alpha value is -2.71. The maximum Gasteiger partial charge on any atom is 0.102 e. The normalized spacial score (nSPS) is 10.7. The van der Waals surface area contributed by atoms with Crippen molar-refractivity contribution in [2.75, 3.05) is 0 Å². The van der Waals surface area contributed by atoms with Crippen molar-refractivity contribution in [1.29, 1.82) is 0 Å². The summed E-state index contributed by atoms with van der Waals surface area (Å²) in [5.41, 5.74) is 3.67. The molecule has 0 radical (unpaired) electrons. The fraction of sp³-hybridized carbons (Fsp3) is 0.0870. The lowest BCUT2D eigenvalue weighted by molar-refractivity contribution is 0.416. The molecule has 0 aliphatic rings. The summed E-state index contributed by atoms with van der Waals surface area (Å²) in [5, 5.41) is 0. The van der Waals surface area contributed by atoms with Crippen LogP contribution >= 0.6 is 12.2 Å². The van der Waals surface area contributed by atoms with E-state index in [0.717, 1.165) is 23.6 Å². The lowest BCUT2D eigenvalue weighted by atomic mass is 10.1. The second-order valence-electron chi connectivity index (χ2n) is 5.91. The summed E-state index contributed by atoms with van der Waals surface area (Å²) in [6.45, 7) is 1.60. The molecule has 124 valence electrons. The molecule has 3 aromatic rings. The third kappa shape index (κ3) is 5.40. The highest BCUT2D eigenvalue weighted by Crippen LogP contribution is 2.13. The fourth-order valence-electron chi connectivity index (χ4n) is 2.66. The van der Waals surface area contributed by atoms with Crippen molar-refractivity contribution in [1.82, 2.24) is 4.90 Å². The largest absolute Gasteiger partial charge is 0.354 e. The van der Waals surface area contributed by atoms with Crippen LogP contribution in [0.3, 0.4) is 0 Å². The predicted molar refractivity (Wildman–Crippen MR) is 110 cm³/mol. The minimum atomic E-state index is 0.799. The van der Waals surface area contributed by atoms with Gasteiger partial charge in [-0.2, -0.15) is 0 Å². The molecule has 0 aliphatic heterocycles. The van der Waals surface area contributed by atoms with Gasteiger partial charge < -0.3 is 4.90 Å². The van der Waals surface area contributed by atoms with Gasteiger partial charge in [-0.05, 0) is 22.8 Å². The van der Waals surface area contributed by atoms with Crippen molar-refractivity contribution in [3.8, 4) is 0 Å². The molecular formula is C23H21NS. The minimum Gasteiger partial charge on any atom is -0.354 e. The zero-order chi connectivity index (χ0) is 17.3. The molecule has 3 aromatic carbocycles. The standard InChI is InChI=1S/C23H21NS/c25-23(17-16-20-10-4-1-5-11-20)24(18-21-12-6-2-7-13-21)19-22-14-8-3-9-15-22/h1-17H,18-19H2/b17-16+. The molecule has 0 amide bonds. The van der Waals surface area contributed by atoms with Crippen molar-refractivity contribution in [2.24, 2.45) is 0 Å². The molecule has 0 bridgehead atoms. The van der Waals surface area contributed by atoms with Gasteiger partial charge in [0.1, 0.15) is 4.99 Å². The van der Waals surface area contributed by atoms with Gasteiger partial charge in [0.25, 0.3) is 0 Å². The van der Waals surface area contributed by atoms with Crippen LogP contribution in [-0.2, 0) is 13.1 Å². The Morgan fingerprint density at radius 2 is 1.12 bits per heavy atom. The van der Waals surface area contributed by atoms with E-state index in [9.17, 15) is 0 Å². The molecule has 0 saturated carbocycles. The molecule has 0 N–H and O–H groups in total. The van der Waals surface area contributed by atoms with E-state index in [4.69, 9.17) is 12.2 Å². The number of rotatable bonds is 6. The summed E-state index contributed by atoms with van der Waals surface area (Å²) in [6, 6.07) is 31.2. The summed E-state index contributed by atoms with van der Waals surface area (Å²) in [7, 11) is 0. The molecule has 0 aromatic heterocycles. The molecule has 0 heterocycles. The minimum absolute atomic E-state index is 0.799. The van der Waals surface area contributed by atoms with E-state index in [0.29, 0.717) is 0 Å². The summed E-state index contributed by atoms with van der Waals surface area (Å²) >= 11 is 5.71. The Balaban J connectivity index is 1.77. The van der Waals surface area contributed by atoms with Crippen molar-refractivity contribution < 1.29 is 0 Å². The van der Waals surface area contributed by atoms with Gasteiger partial charge in [-0.15, -0.1) is 0 Å². The van der Waals surface area contributed by atoms with Crippen molar-refractivity contribution in [2.45, 2.75) is 13.1 Å². The summed E-state index contributed by atoms with van der Waals surface area (Å²) in [4.78, 5) is 3.08. The molecular weight excluding hydrogens is 322 g/mol. The lowest BCUT2D eigenvalue weighted by Gasteiger charge is -2.24. The van der Waals surface area contributed by atoms with Gasteiger partial charge in [0, 0.05) is 13.1 Å². The first-order chi connectivity index (χ1) is 12.3. The first-order valence-electron chi connectivity index (χ1n) is 8.41. The molecule has 0 spiro atoms. The molecule has 1 nitrogen and oxygen atoms in total. The Labute approximate surface area is 155 Å². The van der Waals surface area contributed by atoms with E-state index in [-0.39, 0.29) is 0 Å². The Morgan fingerprint density at radius 3 is 1.60 bits per heavy atom. The number of hydrogen-bond acceptors (Lipinski definition) is 1. The average Bonchev–Trinajstić information content (AvgIpc) is 2.68. The zero-order valence-corrected chi connectivity index (χ0v) is 14.9. The van der Waals surface area contributed by atoms with Gasteiger partial charge in [0.2, 0.25) is 0 Å². The van der Waals surface area contributed by atoms with Crippen molar-refractivity contribution in [3.63, 3.8) is 0 Å². The van der Waals surface area contributed by atoms with Gasteiger partial charge in [-0.3, -0.25) is 0 Å². The van der Waals surface area contributed by atoms with Gasteiger partial charge in [0.15, 0.2) is 0 Å².